The fraction of sp³-hybridized carbons (Fsp3) is 0.350. The highest BCUT2D eigenvalue weighted by Gasteiger charge is 2.26. The topological polar surface area (TPSA) is 42.2 Å². The van der Waals surface area contributed by atoms with Gasteiger partial charge in [-0.3, -0.25) is 4.79 Å². The van der Waals surface area contributed by atoms with Crippen molar-refractivity contribution in [2.75, 3.05) is 0 Å². The fourth-order valence-corrected chi connectivity index (χ4v) is 3.30. The van der Waals surface area contributed by atoms with Crippen LogP contribution in [0.2, 0.25) is 0 Å². The Bertz CT molecular complexity index is 631. The summed E-state index contributed by atoms with van der Waals surface area (Å²) in [7, 11) is 0. The third-order valence-electron chi connectivity index (χ3n) is 4.51. The van der Waals surface area contributed by atoms with E-state index < -0.39 is 0 Å². The number of furan rings is 1. The average molecular weight is 309 g/mol. The highest BCUT2D eigenvalue weighted by atomic mass is 16.3. The minimum atomic E-state index is -0.00908. The Hall–Kier alpha value is -2.29. The van der Waals surface area contributed by atoms with E-state index in [1.165, 1.54) is 12.8 Å². The van der Waals surface area contributed by atoms with Crippen molar-refractivity contribution in [1.29, 1.82) is 0 Å². The van der Waals surface area contributed by atoms with Crippen LogP contribution in [0, 0.1) is 5.92 Å². The number of rotatable bonds is 5. The third kappa shape index (κ3) is 4.59. The zero-order valence-corrected chi connectivity index (χ0v) is 13.3. The Morgan fingerprint density at radius 2 is 1.96 bits per heavy atom. The molecule has 0 bridgehead atoms. The van der Waals surface area contributed by atoms with Gasteiger partial charge in [0, 0.05) is 18.5 Å². The lowest BCUT2D eigenvalue weighted by Crippen LogP contribution is -2.42. The summed E-state index contributed by atoms with van der Waals surface area (Å²) in [5.41, 5.74) is 1.04. The number of nitrogens with one attached hydrogen (secondary N) is 1. The van der Waals surface area contributed by atoms with Crippen molar-refractivity contribution < 1.29 is 9.21 Å². The molecule has 3 heteroatoms. The standard InChI is InChI=1S/C20H23NO2/c22-20(13-12-16-7-2-1-3-8-16)21-19-11-5-4-9-17(19)15-18-10-6-14-23-18/h1-3,6-8,10,12-14,17,19H,4-5,9,11,15H2,(H,21,22)/b13-12+. The summed E-state index contributed by atoms with van der Waals surface area (Å²) in [6.45, 7) is 0. The molecule has 2 aromatic rings. The molecule has 0 radical (unpaired) electrons. The summed E-state index contributed by atoms with van der Waals surface area (Å²) in [5, 5.41) is 3.18. The van der Waals surface area contributed by atoms with Gasteiger partial charge < -0.3 is 9.73 Å². The van der Waals surface area contributed by atoms with Crippen LogP contribution in [0.25, 0.3) is 6.08 Å². The molecule has 0 saturated heterocycles. The molecule has 1 saturated carbocycles. The normalized spacial score (nSPS) is 21.4. The second-order valence-corrected chi connectivity index (χ2v) is 6.19. The van der Waals surface area contributed by atoms with Crippen molar-refractivity contribution in [2.45, 2.75) is 38.1 Å². The van der Waals surface area contributed by atoms with Gasteiger partial charge in [-0.05, 0) is 42.5 Å². The monoisotopic (exact) mass is 309 g/mol. The molecular formula is C20H23NO2. The number of carbonyl (C=O) groups is 1. The predicted molar refractivity (Wildman–Crippen MR) is 91.8 cm³/mol. The molecule has 1 aliphatic rings. The summed E-state index contributed by atoms with van der Waals surface area (Å²) >= 11 is 0. The van der Waals surface area contributed by atoms with Crippen molar-refractivity contribution in [3.05, 3.63) is 66.1 Å². The maximum atomic E-state index is 12.2. The van der Waals surface area contributed by atoms with Gasteiger partial charge in [-0.15, -0.1) is 0 Å². The lowest BCUT2D eigenvalue weighted by Gasteiger charge is -2.31. The van der Waals surface area contributed by atoms with Gasteiger partial charge in [-0.1, -0.05) is 43.2 Å². The molecule has 2 unspecified atom stereocenters. The molecule has 23 heavy (non-hydrogen) atoms. The molecule has 1 heterocycles. The van der Waals surface area contributed by atoms with E-state index in [0.717, 1.165) is 30.6 Å². The number of carbonyl (C=O) groups excluding carboxylic acids is 1. The SMILES string of the molecule is O=C(/C=C/c1ccccc1)NC1CCCCC1Cc1ccco1. The van der Waals surface area contributed by atoms with Gasteiger partial charge in [-0.2, -0.15) is 0 Å². The summed E-state index contributed by atoms with van der Waals surface area (Å²) < 4.78 is 5.47. The van der Waals surface area contributed by atoms with Gasteiger partial charge >= 0.3 is 0 Å². The van der Waals surface area contributed by atoms with Crippen molar-refractivity contribution in [3.63, 3.8) is 0 Å². The molecule has 3 nitrogen and oxygen atoms in total. The van der Waals surface area contributed by atoms with Crippen molar-refractivity contribution in [3.8, 4) is 0 Å². The Labute approximate surface area is 137 Å². The first kappa shape index (κ1) is 15.6. The molecule has 2 atom stereocenters. The molecule has 0 spiro atoms. The minimum Gasteiger partial charge on any atom is -0.469 e. The van der Waals surface area contributed by atoms with Crippen LogP contribution in [-0.2, 0) is 11.2 Å². The second-order valence-electron chi connectivity index (χ2n) is 6.19. The Morgan fingerprint density at radius 3 is 2.74 bits per heavy atom. The first-order chi connectivity index (χ1) is 11.3. The summed E-state index contributed by atoms with van der Waals surface area (Å²) in [5.74, 6) is 1.46. The molecule has 1 fully saturated rings. The maximum absolute atomic E-state index is 12.2. The molecule has 3 rings (SSSR count). The van der Waals surface area contributed by atoms with Crippen molar-refractivity contribution >= 4 is 12.0 Å². The van der Waals surface area contributed by atoms with Crippen molar-refractivity contribution in [2.24, 2.45) is 5.92 Å². The quantitative estimate of drug-likeness (QED) is 0.841. The summed E-state index contributed by atoms with van der Waals surface area (Å²) in [4.78, 5) is 12.2. The maximum Gasteiger partial charge on any atom is 0.244 e. The van der Waals surface area contributed by atoms with E-state index in [1.54, 1.807) is 12.3 Å². The predicted octanol–water partition coefficient (Wildman–Crippen LogP) is 4.21. The molecule has 1 aliphatic carbocycles. The summed E-state index contributed by atoms with van der Waals surface area (Å²) in [6.07, 6.45) is 10.7. The van der Waals surface area contributed by atoms with Crippen LogP contribution >= 0.6 is 0 Å². The molecule has 1 N–H and O–H groups in total. The van der Waals surface area contributed by atoms with Crippen LogP contribution in [0.5, 0.6) is 0 Å². The van der Waals surface area contributed by atoms with E-state index in [1.807, 2.05) is 48.5 Å². The molecule has 1 aromatic carbocycles. The second kappa shape index (κ2) is 7.82. The zero-order chi connectivity index (χ0) is 15.9. The van der Waals surface area contributed by atoms with Crippen LogP contribution in [0.15, 0.2) is 59.2 Å². The number of amides is 1. The van der Waals surface area contributed by atoms with E-state index >= 15 is 0 Å². The van der Waals surface area contributed by atoms with Crippen LogP contribution in [0.3, 0.4) is 0 Å². The van der Waals surface area contributed by atoms with Gasteiger partial charge in [0.2, 0.25) is 5.91 Å². The van der Waals surface area contributed by atoms with Crippen LogP contribution < -0.4 is 5.32 Å². The number of hydrogen-bond donors (Lipinski definition) is 1. The van der Waals surface area contributed by atoms with Gasteiger partial charge in [0.1, 0.15) is 5.76 Å². The largest absolute Gasteiger partial charge is 0.469 e. The average Bonchev–Trinajstić information content (AvgIpc) is 3.09. The minimum absolute atomic E-state index is 0.00908. The van der Waals surface area contributed by atoms with Gasteiger partial charge in [0.05, 0.1) is 6.26 Å². The van der Waals surface area contributed by atoms with Crippen LogP contribution in [-0.4, -0.2) is 11.9 Å². The Kier molecular flexibility index (Phi) is 5.30. The van der Waals surface area contributed by atoms with E-state index in [9.17, 15) is 4.79 Å². The molecule has 0 aliphatic heterocycles. The van der Waals surface area contributed by atoms with Crippen LogP contribution in [0.1, 0.15) is 37.0 Å². The Balaban J connectivity index is 1.58. The summed E-state index contributed by atoms with van der Waals surface area (Å²) in [6, 6.07) is 14.1. The van der Waals surface area contributed by atoms with E-state index in [0.29, 0.717) is 5.92 Å². The smallest absolute Gasteiger partial charge is 0.244 e. The lowest BCUT2D eigenvalue weighted by molar-refractivity contribution is -0.117. The number of benzene rings is 1. The Morgan fingerprint density at radius 1 is 1.13 bits per heavy atom. The molecule has 1 amide bonds. The van der Waals surface area contributed by atoms with Gasteiger partial charge in [-0.25, -0.2) is 0 Å². The van der Waals surface area contributed by atoms with E-state index in [2.05, 4.69) is 5.32 Å². The molecule has 120 valence electrons. The number of hydrogen-bond acceptors (Lipinski definition) is 2. The molecule has 1 aromatic heterocycles. The van der Waals surface area contributed by atoms with Gasteiger partial charge in [0.25, 0.3) is 0 Å². The highest BCUT2D eigenvalue weighted by molar-refractivity contribution is 5.91. The van der Waals surface area contributed by atoms with E-state index in [4.69, 9.17) is 4.42 Å². The van der Waals surface area contributed by atoms with Gasteiger partial charge in [0.15, 0.2) is 0 Å². The molecular weight excluding hydrogens is 286 g/mol. The first-order valence-corrected chi connectivity index (χ1v) is 8.37. The first-order valence-electron chi connectivity index (χ1n) is 8.37. The van der Waals surface area contributed by atoms with Crippen molar-refractivity contribution in [1.82, 2.24) is 5.32 Å². The van der Waals surface area contributed by atoms with Crippen LogP contribution in [0.4, 0.5) is 0 Å². The van der Waals surface area contributed by atoms with E-state index in [-0.39, 0.29) is 11.9 Å². The zero-order valence-electron chi connectivity index (χ0n) is 13.3. The lowest BCUT2D eigenvalue weighted by atomic mass is 9.82. The third-order valence-corrected chi connectivity index (χ3v) is 4.51. The fourth-order valence-electron chi connectivity index (χ4n) is 3.30. The highest BCUT2D eigenvalue weighted by Crippen LogP contribution is 2.27.